The van der Waals surface area contributed by atoms with Gasteiger partial charge in [-0.15, -0.1) is 0 Å². The topological polar surface area (TPSA) is 58.5 Å². The Morgan fingerprint density at radius 1 is 1.31 bits per heavy atom. The summed E-state index contributed by atoms with van der Waals surface area (Å²) in [5.74, 6) is -0.180. The Hall–Kier alpha value is -1.62. The smallest absolute Gasteiger partial charge is 0.306 e. The van der Waals surface area contributed by atoms with Crippen molar-refractivity contribution < 1.29 is 9.59 Å². The normalized spacial score (nSPS) is 26.9. The minimum Gasteiger partial charge on any atom is -0.324 e. The van der Waals surface area contributed by atoms with Gasteiger partial charge in [-0.3, -0.25) is 9.59 Å². The summed E-state index contributed by atoms with van der Waals surface area (Å²) in [6.07, 6.45) is 0. The highest BCUT2D eigenvalue weighted by molar-refractivity contribution is 8.16. The zero-order chi connectivity index (χ0) is 11.3. The third-order valence-corrected chi connectivity index (χ3v) is 3.86. The van der Waals surface area contributed by atoms with Gasteiger partial charge in [0.25, 0.3) is 0 Å². The van der Waals surface area contributed by atoms with Gasteiger partial charge in [-0.25, -0.2) is 4.99 Å². The molecule has 1 atom stereocenters. The number of hydrogen-bond acceptors (Lipinski definition) is 3. The summed E-state index contributed by atoms with van der Waals surface area (Å²) in [5.41, 5.74) is 2.13. The Labute approximate surface area is 96.1 Å². The van der Waals surface area contributed by atoms with Gasteiger partial charge in [0.15, 0.2) is 0 Å². The molecule has 4 nitrogen and oxygen atoms in total. The molecule has 1 aromatic rings. The van der Waals surface area contributed by atoms with Crippen LogP contribution < -0.4 is 5.32 Å². The van der Waals surface area contributed by atoms with Crippen molar-refractivity contribution >= 4 is 34.3 Å². The van der Waals surface area contributed by atoms with Crippen LogP contribution in [0, 0.1) is 0 Å². The van der Waals surface area contributed by atoms with Gasteiger partial charge >= 0.3 is 5.24 Å². The SMILES string of the molecule is CC12SC(=O)N=C1c1ccccc1NC2=O. The molecule has 0 aromatic heterocycles. The predicted octanol–water partition coefficient (Wildman–Crippen LogP) is 2.05. The zero-order valence-electron chi connectivity index (χ0n) is 8.48. The van der Waals surface area contributed by atoms with Crippen molar-refractivity contribution in [1.29, 1.82) is 0 Å². The van der Waals surface area contributed by atoms with Crippen LogP contribution in [0.1, 0.15) is 12.5 Å². The van der Waals surface area contributed by atoms with Crippen LogP contribution in [0.4, 0.5) is 10.5 Å². The molecule has 2 amide bonds. The van der Waals surface area contributed by atoms with E-state index in [4.69, 9.17) is 0 Å². The van der Waals surface area contributed by atoms with E-state index in [1.54, 1.807) is 6.92 Å². The van der Waals surface area contributed by atoms with E-state index in [1.807, 2.05) is 24.3 Å². The fourth-order valence-corrected chi connectivity index (χ4v) is 2.84. The third-order valence-electron chi connectivity index (χ3n) is 2.81. The number of carbonyl (C=O) groups is 2. The van der Waals surface area contributed by atoms with Crippen molar-refractivity contribution in [2.75, 3.05) is 5.32 Å². The number of carbonyl (C=O) groups excluding carboxylic acids is 2. The van der Waals surface area contributed by atoms with Crippen LogP contribution in [-0.4, -0.2) is 21.6 Å². The molecule has 5 heteroatoms. The quantitative estimate of drug-likeness (QED) is 0.744. The average molecular weight is 232 g/mol. The summed E-state index contributed by atoms with van der Waals surface area (Å²) in [5, 5.41) is 2.50. The number of nitrogens with one attached hydrogen (secondary N) is 1. The highest BCUT2D eigenvalue weighted by Crippen LogP contribution is 2.42. The van der Waals surface area contributed by atoms with Crippen LogP contribution >= 0.6 is 11.8 Å². The van der Waals surface area contributed by atoms with Crippen molar-refractivity contribution in [2.24, 2.45) is 4.99 Å². The Bertz CT molecular complexity index is 553. The first kappa shape index (κ1) is 9.59. The number of amides is 2. The number of thioether (sulfide) groups is 1. The molecule has 0 bridgehead atoms. The molecule has 1 aromatic carbocycles. The molecule has 0 radical (unpaired) electrons. The molecule has 2 heterocycles. The van der Waals surface area contributed by atoms with Gasteiger partial charge in [0.2, 0.25) is 5.91 Å². The molecule has 1 N–H and O–H groups in total. The van der Waals surface area contributed by atoms with E-state index in [2.05, 4.69) is 10.3 Å². The Balaban J connectivity index is 2.28. The molecule has 2 aliphatic rings. The molecule has 16 heavy (non-hydrogen) atoms. The fourth-order valence-electron chi connectivity index (χ4n) is 1.96. The summed E-state index contributed by atoms with van der Waals surface area (Å²) in [4.78, 5) is 27.3. The highest BCUT2D eigenvalue weighted by atomic mass is 32.2. The molecule has 0 spiro atoms. The van der Waals surface area contributed by atoms with Gasteiger partial charge in [0.05, 0.1) is 5.71 Å². The minimum absolute atomic E-state index is 0.180. The molecule has 3 rings (SSSR count). The van der Waals surface area contributed by atoms with Crippen LogP contribution in [0.15, 0.2) is 29.3 Å². The van der Waals surface area contributed by atoms with E-state index in [0.717, 1.165) is 23.0 Å². The minimum atomic E-state index is -0.870. The summed E-state index contributed by atoms with van der Waals surface area (Å²) >= 11 is 0.969. The lowest BCUT2D eigenvalue weighted by atomic mass is 9.91. The number of para-hydroxylation sites is 1. The predicted molar refractivity (Wildman–Crippen MR) is 63.0 cm³/mol. The maximum absolute atomic E-state index is 11.9. The number of aliphatic imine (C=N–C) groups is 1. The maximum atomic E-state index is 11.9. The van der Waals surface area contributed by atoms with E-state index in [0.29, 0.717) is 5.71 Å². The van der Waals surface area contributed by atoms with E-state index >= 15 is 0 Å². The first-order valence-corrected chi connectivity index (χ1v) is 5.66. The number of anilines is 1. The third kappa shape index (κ3) is 1.09. The van der Waals surface area contributed by atoms with Crippen molar-refractivity contribution in [3.63, 3.8) is 0 Å². The van der Waals surface area contributed by atoms with Crippen LogP contribution in [0.3, 0.4) is 0 Å². The van der Waals surface area contributed by atoms with Crippen molar-refractivity contribution in [3.05, 3.63) is 29.8 Å². The summed E-state index contributed by atoms with van der Waals surface area (Å²) in [7, 11) is 0. The zero-order valence-corrected chi connectivity index (χ0v) is 9.30. The van der Waals surface area contributed by atoms with E-state index < -0.39 is 4.75 Å². The molecule has 80 valence electrons. The van der Waals surface area contributed by atoms with Gasteiger partial charge in [0, 0.05) is 11.3 Å². The largest absolute Gasteiger partial charge is 0.324 e. The van der Waals surface area contributed by atoms with Gasteiger partial charge in [-0.1, -0.05) is 18.2 Å². The molecule has 2 aliphatic heterocycles. The maximum Gasteiger partial charge on any atom is 0.306 e. The molecule has 0 aliphatic carbocycles. The first-order chi connectivity index (χ1) is 7.61. The van der Waals surface area contributed by atoms with Crippen molar-refractivity contribution in [1.82, 2.24) is 0 Å². The van der Waals surface area contributed by atoms with Crippen LogP contribution in [0.25, 0.3) is 0 Å². The Morgan fingerprint density at radius 3 is 2.88 bits per heavy atom. The van der Waals surface area contributed by atoms with Gasteiger partial charge in [-0.2, -0.15) is 0 Å². The van der Waals surface area contributed by atoms with Crippen LogP contribution in [0.5, 0.6) is 0 Å². The van der Waals surface area contributed by atoms with E-state index in [9.17, 15) is 9.59 Å². The second-order valence-electron chi connectivity index (χ2n) is 3.86. The standard InChI is InChI=1S/C11H8N2O2S/c1-11-8(13-10(15)16-11)6-4-2-3-5-7(6)12-9(11)14/h2-5H,1H3,(H,12,14). The second kappa shape index (κ2) is 2.95. The molecular formula is C11H8N2O2S. The molecule has 0 fully saturated rings. The average Bonchev–Trinajstić information content (AvgIpc) is 2.56. The number of nitrogens with zero attached hydrogens (tertiary/aromatic N) is 1. The fraction of sp³-hybridized carbons (Fsp3) is 0.182. The second-order valence-corrected chi connectivity index (χ2v) is 5.23. The molecule has 1 unspecified atom stereocenters. The number of rotatable bonds is 0. The molecule has 0 saturated carbocycles. The van der Waals surface area contributed by atoms with Gasteiger partial charge < -0.3 is 5.32 Å². The molecular weight excluding hydrogens is 224 g/mol. The lowest BCUT2D eigenvalue weighted by molar-refractivity contribution is -0.116. The van der Waals surface area contributed by atoms with Gasteiger partial charge in [-0.05, 0) is 24.8 Å². The Morgan fingerprint density at radius 2 is 2.06 bits per heavy atom. The van der Waals surface area contributed by atoms with Crippen LogP contribution in [0.2, 0.25) is 0 Å². The number of hydrogen-bond donors (Lipinski definition) is 1. The summed E-state index contributed by atoms with van der Waals surface area (Å²) < 4.78 is -0.870. The van der Waals surface area contributed by atoms with E-state index in [-0.39, 0.29) is 11.1 Å². The lowest BCUT2D eigenvalue weighted by Crippen LogP contribution is -2.46. The number of fused-ring (bicyclic) bond motifs is 3. The van der Waals surface area contributed by atoms with Gasteiger partial charge in [0.1, 0.15) is 4.75 Å². The monoisotopic (exact) mass is 232 g/mol. The highest BCUT2D eigenvalue weighted by Gasteiger charge is 2.50. The summed E-state index contributed by atoms with van der Waals surface area (Å²) in [6, 6.07) is 7.38. The summed E-state index contributed by atoms with van der Waals surface area (Å²) in [6.45, 7) is 1.73. The van der Waals surface area contributed by atoms with E-state index in [1.165, 1.54) is 0 Å². The van der Waals surface area contributed by atoms with Crippen LogP contribution in [-0.2, 0) is 4.79 Å². The first-order valence-electron chi connectivity index (χ1n) is 4.84. The molecule has 0 saturated heterocycles. The lowest BCUT2D eigenvalue weighted by Gasteiger charge is -2.29. The van der Waals surface area contributed by atoms with Crippen molar-refractivity contribution in [2.45, 2.75) is 11.7 Å². The van der Waals surface area contributed by atoms with Crippen molar-refractivity contribution in [3.8, 4) is 0 Å². The number of benzene rings is 1. The Kier molecular flexibility index (Phi) is 1.77.